The van der Waals surface area contributed by atoms with Crippen LogP contribution in [0.2, 0.25) is 0 Å². The Bertz CT molecular complexity index is 1180. The third kappa shape index (κ3) is 3.20. The fourth-order valence-electron chi connectivity index (χ4n) is 5.76. The van der Waals surface area contributed by atoms with Gasteiger partial charge in [0, 0.05) is 49.7 Å². The molecule has 0 spiro atoms. The zero-order valence-electron chi connectivity index (χ0n) is 18.7. The molecule has 5 heterocycles. The largest absolute Gasteiger partial charge is 0.357 e. The lowest BCUT2D eigenvalue weighted by molar-refractivity contribution is 0.0599. The van der Waals surface area contributed by atoms with Gasteiger partial charge in [-0.2, -0.15) is 5.10 Å². The van der Waals surface area contributed by atoms with Crippen LogP contribution >= 0.6 is 0 Å². The van der Waals surface area contributed by atoms with Gasteiger partial charge in [-0.25, -0.2) is 9.50 Å². The third-order valence-electron chi connectivity index (χ3n) is 7.42. The van der Waals surface area contributed by atoms with Gasteiger partial charge in [-0.15, -0.1) is 0 Å². The molecule has 0 aromatic carbocycles. The smallest absolute Gasteiger partial charge is 0.271 e. The number of carbonyl (C=O) groups is 1. The van der Waals surface area contributed by atoms with Crippen molar-refractivity contribution in [3.8, 4) is 0 Å². The summed E-state index contributed by atoms with van der Waals surface area (Å²) in [5.74, 6) is 1.11. The molecule has 2 atom stereocenters. The van der Waals surface area contributed by atoms with Crippen LogP contribution in [0.4, 0.5) is 5.82 Å². The second-order valence-electron chi connectivity index (χ2n) is 9.65. The molecule has 2 saturated heterocycles. The molecule has 8 heteroatoms. The number of nitrogens with zero attached hydrogens (tertiary/aromatic N) is 5. The first-order valence-corrected chi connectivity index (χ1v) is 12.0. The molecule has 0 saturated carbocycles. The summed E-state index contributed by atoms with van der Waals surface area (Å²) in [4.78, 5) is 26.1. The summed E-state index contributed by atoms with van der Waals surface area (Å²) in [6.45, 7) is 4.64. The molecule has 0 radical (unpaired) electrons. The van der Waals surface area contributed by atoms with Crippen LogP contribution in [0.25, 0.3) is 5.65 Å². The van der Waals surface area contributed by atoms with Crippen LogP contribution in [0.3, 0.4) is 0 Å². The van der Waals surface area contributed by atoms with E-state index in [1.807, 2.05) is 15.6 Å². The first-order chi connectivity index (χ1) is 15.6. The number of aromatic nitrogens is 4. The minimum Gasteiger partial charge on any atom is -0.357 e. The summed E-state index contributed by atoms with van der Waals surface area (Å²) in [6.07, 6.45) is 11.4. The summed E-state index contributed by atoms with van der Waals surface area (Å²) < 4.78 is 1.87. The number of amides is 1. The molecular weight excluding hydrogens is 402 g/mol. The van der Waals surface area contributed by atoms with Crippen LogP contribution in [-0.2, 0) is 12.8 Å². The number of piperidine rings is 1. The standard InChI is InChI=1S/C24H31N7O/c1-15-13-31-21(27-23(15)29-10-8-17(25)14-29)11-19(28-31)20-7-2-3-9-30(20)24(32)22-18-6-4-5-16(18)12-26-22/h11-13,17,20,26H,2-10,14,25H2,1H3/t17-,20-/m0/s1. The van der Waals surface area contributed by atoms with Crippen molar-refractivity contribution in [2.75, 3.05) is 24.5 Å². The molecular formula is C24H31N7O. The Kier molecular flexibility index (Phi) is 4.71. The first-order valence-electron chi connectivity index (χ1n) is 12.0. The topological polar surface area (TPSA) is 95.5 Å². The number of hydrogen-bond donors (Lipinski definition) is 2. The number of aromatic amines is 1. The number of anilines is 1. The van der Waals surface area contributed by atoms with Gasteiger partial charge in [-0.05, 0) is 63.0 Å². The molecule has 3 N–H and O–H groups in total. The second-order valence-corrected chi connectivity index (χ2v) is 9.65. The van der Waals surface area contributed by atoms with Gasteiger partial charge in [0.25, 0.3) is 5.91 Å². The number of fused-ring (bicyclic) bond motifs is 2. The highest BCUT2D eigenvalue weighted by atomic mass is 16.2. The molecule has 1 aliphatic carbocycles. The first kappa shape index (κ1) is 19.8. The second kappa shape index (κ2) is 7.62. The van der Waals surface area contributed by atoms with E-state index < -0.39 is 0 Å². The Morgan fingerprint density at radius 1 is 1.19 bits per heavy atom. The van der Waals surface area contributed by atoms with E-state index in [1.54, 1.807) is 0 Å². The number of likely N-dealkylation sites (tertiary alicyclic amines) is 1. The Labute approximate surface area is 187 Å². The van der Waals surface area contributed by atoms with Crippen LogP contribution in [0.1, 0.15) is 71.0 Å². The molecule has 168 valence electrons. The van der Waals surface area contributed by atoms with Gasteiger partial charge in [0.2, 0.25) is 0 Å². The molecule has 6 rings (SSSR count). The van der Waals surface area contributed by atoms with E-state index in [2.05, 4.69) is 29.1 Å². The van der Waals surface area contributed by atoms with Crippen LogP contribution < -0.4 is 10.6 Å². The van der Waals surface area contributed by atoms with Crippen molar-refractivity contribution in [3.63, 3.8) is 0 Å². The van der Waals surface area contributed by atoms with Gasteiger partial charge in [0.1, 0.15) is 11.5 Å². The highest BCUT2D eigenvalue weighted by Gasteiger charge is 2.33. The summed E-state index contributed by atoms with van der Waals surface area (Å²) >= 11 is 0. The molecule has 1 amide bonds. The Balaban J connectivity index is 1.33. The Hall–Kier alpha value is -2.87. The number of H-pyrrole nitrogens is 1. The minimum absolute atomic E-state index is 0.0118. The maximum atomic E-state index is 13.6. The number of nitrogens with one attached hydrogen (secondary N) is 1. The summed E-state index contributed by atoms with van der Waals surface area (Å²) in [7, 11) is 0. The number of carbonyl (C=O) groups excluding carboxylic acids is 1. The Morgan fingerprint density at radius 2 is 2.09 bits per heavy atom. The maximum absolute atomic E-state index is 13.6. The quantitative estimate of drug-likeness (QED) is 0.662. The predicted octanol–water partition coefficient (Wildman–Crippen LogP) is 2.76. The molecule has 8 nitrogen and oxygen atoms in total. The average molecular weight is 434 g/mol. The van der Waals surface area contributed by atoms with Crippen molar-refractivity contribution in [3.05, 3.63) is 46.5 Å². The molecule has 32 heavy (non-hydrogen) atoms. The molecule has 2 aliphatic heterocycles. The number of hydrogen-bond acceptors (Lipinski definition) is 5. The normalized spacial score (nSPS) is 23.3. The molecule has 3 aromatic rings. The van der Waals surface area contributed by atoms with Crippen LogP contribution in [-0.4, -0.2) is 56.1 Å². The van der Waals surface area contributed by atoms with Crippen LogP contribution in [0, 0.1) is 6.92 Å². The van der Waals surface area contributed by atoms with Gasteiger partial charge >= 0.3 is 0 Å². The van der Waals surface area contributed by atoms with Crippen molar-refractivity contribution >= 4 is 17.4 Å². The summed E-state index contributed by atoms with van der Waals surface area (Å²) in [6, 6.07) is 2.26. The van der Waals surface area contributed by atoms with E-state index in [9.17, 15) is 4.79 Å². The summed E-state index contributed by atoms with van der Waals surface area (Å²) in [5.41, 5.74) is 12.3. The minimum atomic E-state index is -0.0118. The lowest BCUT2D eigenvalue weighted by Gasteiger charge is -2.34. The fraction of sp³-hybridized carbons (Fsp3) is 0.542. The van der Waals surface area contributed by atoms with E-state index in [0.29, 0.717) is 0 Å². The van der Waals surface area contributed by atoms with Gasteiger partial charge < -0.3 is 20.5 Å². The molecule has 0 bridgehead atoms. The van der Waals surface area contributed by atoms with Gasteiger partial charge in [0.15, 0.2) is 5.65 Å². The van der Waals surface area contributed by atoms with Gasteiger partial charge in [-0.3, -0.25) is 4.79 Å². The van der Waals surface area contributed by atoms with Crippen molar-refractivity contribution < 1.29 is 4.79 Å². The lowest BCUT2D eigenvalue weighted by atomic mass is 9.98. The van der Waals surface area contributed by atoms with Gasteiger partial charge in [-0.1, -0.05) is 0 Å². The Morgan fingerprint density at radius 3 is 2.94 bits per heavy atom. The maximum Gasteiger partial charge on any atom is 0.271 e. The summed E-state index contributed by atoms with van der Waals surface area (Å²) in [5, 5.41) is 4.87. The molecule has 3 aromatic heterocycles. The SMILES string of the molecule is Cc1cn2nc([C@@H]3CCCCN3C(=O)c3[nH]cc4c3CCC4)cc2nc1N1CC[C@H](N)C1. The van der Waals surface area contributed by atoms with E-state index >= 15 is 0 Å². The van der Waals surface area contributed by atoms with Crippen LogP contribution in [0.15, 0.2) is 18.5 Å². The van der Waals surface area contributed by atoms with Gasteiger partial charge in [0.05, 0.1) is 11.7 Å². The fourth-order valence-corrected chi connectivity index (χ4v) is 5.76. The highest BCUT2D eigenvalue weighted by molar-refractivity contribution is 5.95. The van der Waals surface area contributed by atoms with Crippen molar-refractivity contribution in [2.45, 2.75) is 64.0 Å². The van der Waals surface area contributed by atoms with Crippen molar-refractivity contribution in [1.82, 2.24) is 24.5 Å². The van der Waals surface area contributed by atoms with E-state index in [-0.39, 0.29) is 18.0 Å². The highest BCUT2D eigenvalue weighted by Crippen LogP contribution is 2.34. The average Bonchev–Trinajstić information content (AvgIpc) is 3.56. The molecule has 0 unspecified atom stereocenters. The molecule has 3 aliphatic rings. The van der Waals surface area contributed by atoms with E-state index in [1.165, 1.54) is 11.1 Å². The lowest BCUT2D eigenvalue weighted by Crippen LogP contribution is -2.39. The number of aryl methyl sites for hydroxylation is 2. The zero-order valence-corrected chi connectivity index (χ0v) is 18.7. The van der Waals surface area contributed by atoms with Crippen molar-refractivity contribution in [2.24, 2.45) is 5.73 Å². The third-order valence-corrected chi connectivity index (χ3v) is 7.42. The zero-order chi connectivity index (χ0) is 21.8. The van der Waals surface area contributed by atoms with E-state index in [0.717, 1.165) is 93.0 Å². The van der Waals surface area contributed by atoms with Crippen LogP contribution in [0.5, 0.6) is 0 Å². The number of rotatable bonds is 3. The predicted molar refractivity (Wildman–Crippen MR) is 123 cm³/mol. The van der Waals surface area contributed by atoms with E-state index in [4.69, 9.17) is 15.8 Å². The molecule has 2 fully saturated rings. The monoisotopic (exact) mass is 433 g/mol. The number of nitrogens with two attached hydrogens (primary N) is 1. The van der Waals surface area contributed by atoms with Crippen molar-refractivity contribution in [1.29, 1.82) is 0 Å².